The van der Waals surface area contributed by atoms with Crippen molar-refractivity contribution in [2.24, 2.45) is 10.2 Å². The number of amidine groups is 1. The fourth-order valence-corrected chi connectivity index (χ4v) is 3.47. The number of nitro benzene ring substituents is 2. The molecule has 0 bridgehead atoms. The van der Waals surface area contributed by atoms with Gasteiger partial charge in [0.2, 0.25) is 5.91 Å². The standard InChI is InChI=1S/C17H13N5O5S/c23-16-15(9-12-5-1-2-7-14(12)22(26)27)28-17(19-16)20-18-10-11-4-3-6-13(8-11)21(24)25/h1-8,10,15H,9H2,(H,19,20,23)/b18-10-/t15-/m0/s1. The Labute approximate surface area is 162 Å². The number of benzene rings is 2. The van der Waals surface area contributed by atoms with Gasteiger partial charge >= 0.3 is 0 Å². The van der Waals surface area contributed by atoms with Crippen LogP contribution >= 0.6 is 11.8 Å². The number of rotatable bonds is 6. The van der Waals surface area contributed by atoms with Gasteiger partial charge in [-0.25, -0.2) is 0 Å². The number of carbonyl (C=O) groups excluding carboxylic acids is 1. The van der Waals surface area contributed by atoms with Crippen molar-refractivity contribution in [3.63, 3.8) is 0 Å². The van der Waals surface area contributed by atoms with Gasteiger partial charge in [-0.05, 0) is 0 Å². The largest absolute Gasteiger partial charge is 0.303 e. The lowest BCUT2D eigenvalue weighted by atomic mass is 10.1. The Morgan fingerprint density at radius 3 is 2.64 bits per heavy atom. The molecule has 2 aromatic carbocycles. The molecule has 0 saturated carbocycles. The van der Waals surface area contributed by atoms with Crippen LogP contribution in [0.2, 0.25) is 0 Å². The Balaban J connectivity index is 1.68. The number of nitro groups is 2. The van der Waals surface area contributed by atoms with Gasteiger partial charge in [0.15, 0.2) is 5.17 Å². The minimum Gasteiger partial charge on any atom is -0.303 e. The molecule has 2 aromatic rings. The Bertz CT molecular complexity index is 1010. The molecule has 1 amide bonds. The molecule has 1 aliphatic heterocycles. The average Bonchev–Trinajstić information content (AvgIpc) is 3.01. The molecule has 10 nitrogen and oxygen atoms in total. The van der Waals surface area contributed by atoms with E-state index in [2.05, 4.69) is 15.5 Å². The molecule has 142 valence electrons. The van der Waals surface area contributed by atoms with Crippen molar-refractivity contribution < 1.29 is 14.6 Å². The molecule has 0 aliphatic carbocycles. The second-order valence-corrected chi connectivity index (χ2v) is 6.88. The average molecular weight is 399 g/mol. The van der Waals surface area contributed by atoms with Crippen LogP contribution in [0.25, 0.3) is 0 Å². The van der Waals surface area contributed by atoms with Crippen molar-refractivity contribution in [2.45, 2.75) is 11.7 Å². The van der Waals surface area contributed by atoms with Crippen molar-refractivity contribution in [1.29, 1.82) is 0 Å². The molecule has 1 atom stereocenters. The van der Waals surface area contributed by atoms with Gasteiger partial charge in [-0.1, -0.05) is 42.1 Å². The van der Waals surface area contributed by atoms with E-state index in [4.69, 9.17) is 0 Å². The van der Waals surface area contributed by atoms with Gasteiger partial charge in [0.1, 0.15) is 0 Å². The van der Waals surface area contributed by atoms with Gasteiger partial charge in [-0.3, -0.25) is 25.0 Å². The molecule has 1 heterocycles. The van der Waals surface area contributed by atoms with Crippen LogP contribution in [-0.2, 0) is 11.2 Å². The smallest absolute Gasteiger partial charge is 0.272 e. The fraction of sp³-hybridized carbons (Fsp3) is 0.118. The van der Waals surface area contributed by atoms with Crippen molar-refractivity contribution in [3.8, 4) is 0 Å². The lowest BCUT2D eigenvalue weighted by molar-refractivity contribution is -0.385. The predicted molar refractivity (Wildman–Crippen MR) is 104 cm³/mol. The number of non-ortho nitro benzene ring substituents is 1. The first-order valence-electron chi connectivity index (χ1n) is 7.99. The Morgan fingerprint density at radius 1 is 1.11 bits per heavy atom. The molecule has 3 rings (SSSR count). The summed E-state index contributed by atoms with van der Waals surface area (Å²) >= 11 is 1.12. The minimum atomic E-state index is -0.562. The normalized spacial score (nSPS) is 17.8. The molecule has 1 fully saturated rings. The summed E-state index contributed by atoms with van der Waals surface area (Å²) in [4.78, 5) is 33.0. The molecule has 1 saturated heterocycles. The zero-order chi connectivity index (χ0) is 20.1. The van der Waals surface area contributed by atoms with E-state index >= 15 is 0 Å². The number of amides is 1. The molecular weight excluding hydrogens is 386 g/mol. The second-order valence-electron chi connectivity index (χ2n) is 5.69. The van der Waals surface area contributed by atoms with E-state index in [1.54, 1.807) is 24.3 Å². The van der Waals surface area contributed by atoms with Crippen molar-refractivity contribution >= 4 is 40.4 Å². The zero-order valence-corrected chi connectivity index (χ0v) is 15.0. The first-order valence-corrected chi connectivity index (χ1v) is 8.87. The maximum absolute atomic E-state index is 12.1. The van der Waals surface area contributed by atoms with Crippen LogP contribution in [0.15, 0.2) is 58.7 Å². The maximum Gasteiger partial charge on any atom is 0.272 e. The molecule has 28 heavy (non-hydrogen) atoms. The van der Waals surface area contributed by atoms with Gasteiger partial charge in [-0.15, -0.1) is 5.10 Å². The number of hydrogen-bond acceptors (Lipinski definition) is 8. The molecule has 1 aliphatic rings. The molecule has 1 N–H and O–H groups in total. The highest BCUT2D eigenvalue weighted by atomic mass is 32.2. The summed E-state index contributed by atoms with van der Waals surface area (Å²) in [7, 11) is 0. The maximum atomic E-state index is 12.1. The van der Waals surface area contributed by atoms with Crippen molar-refractivity contribution in [3.05, 3.63) is 79.9 Å². The van der Waals surface area contributed by atoms with Crippen LogP contribution in [0.4, 0.5) is 11.4 Å². The fourth-order valence-electron chi connectivity index (χ4n) is 2.51. The molecule has 0 unspecified atom stereocenters. The predicted octanol–water partition coefficient (Wildman–Crippen LogP) is 2.67. The van der Waals surface area contributed by atoms with E-state index in [1.807, 2.05) is 0 Å². The molecule has 0 aromatic heterocycles. The SMILES string of the molecule is O=C1N/C(=N/N=C\c2cccc([N+](=O)[O-])c2)S[C@H]1Cc1ccccc1[N+](=O)[O-]. The van der Waals surface area contributed by atoms with Crippen LogP contribution in [0.1, 0.15) is 11.1 Å². The van der Waals surface area contributed by atoms with E-state index in [0.29, 0.717) is 11.1 Å². The lowest BCUT2D eigenvalue weighted by Gasteiger charge is -2.05. The number of thioether (sulfide) groups is 1. The summed E-state index contributed by atoms with van der Waals surface area (Å²) < 4.78 is 0. The summed E-state index contributed by atoms with van der Waals surface area (Å²) in [6.45, 7) is 0. The summed E-state index contributed by atoms with van der Waals surface area (Å²) in [5.41, 5.74) is 0.848. The minimum absolute atomic E-state index is 0.0371. The monoisotopic (exact) mass is 399 g/mol. The topological polar surface area (TPSA) is 140 Å². The van der Waals surface area contributed by atoms with Crippen LogP contribution in [0, 0.1) is 20.2 Å². The van der Waals surface area contributed by atoms with E-state index in [-0.39, 0.29) is 28.9 Å². The summed E-state index contributed by atoms with van der Waals surface area (Å²) in [6.07, 6.45) is 1.52. The van der Waals surface area contributed by atoms with Crippen molar-refractivity contribution in [2.75, 3.05) is 0 Å². The third-order valence-electron chi connectivity index (χ3n) is 3.81. The quantitative estimate of drug-likeness (QED) is 0.450. The first kappa shape index (κ1) is 19.2. The zero-order valence-electron chi connectivity index (χ0n) is 14.2. The van der Waals surface area contributed by atoms with Gasteiger partial charge in [0.25, 0.3) is 11.4 Å². The third-order valence-corrected chi connectivity index (χ3v) is 4.88. The molecular formula is C17H13N5O5S. The summed E-state index contributed by atoms with van der Waals surface area (Å²) in [6, 6.07) is 12.1. The molecule has 11 heteroatoms. The van der Waals surface area contributed by atoms with E-state index in [0.717, 1.165) is 11.8 Å². The van der Waals surface area contributed by atoms with Crippen LogP contribution in [0.3, 0.4) is 0 Å². The Morgan fingerprint density at radius 2 is 1.89 bits per heavy atom. The second kappa shape index (κ2) is 8.39. The number of carbonyl (C=O) groups is 1. The van der Waals surface area contributed by atoms with E-state index in [1.165, 1.54) is 30.5 Å². The number of nitrogens with one attached hydrogen (secondary N) is 1. The van der Waals surface area contributed by atoms with Crippen LogP contribution < -0.4 is 5.32 Å². The highest BCUT2D eigenvalue weighted by molar-refractivity contribution is 8.15. The third kappa shape index (κ3) is 4.57. The Kier molecular flexibility index (Phi) is 5.75. The van der Waals surface area contributed by atoms with Crippen molar-refractivity contribution in [1.82, 2.24) is 5.32 Å². The van der Waals surface area contributed by atoms with Crippen LogP contribution in [-0.4, -0.2) is 32.4 Å². The van der Waals surface area contributed by atoms with Crippen LogP contribution in [0.5, 0.6) is 0 Å². The van der Waals surface area contributed by atoms with Gasteiger partial charge < -0.3 is 5.32 Å². The van der Waals surface area contributed by atoms with Gasteiger partial charge in [0.05, 0.1) is 21.3 Å². The Hall–Kier alpha value is -3.60. The van der Waals surface area contributed by atoms with E-state index < -0.39 is 15.1 Å². The summed E-state index contributed by atoms with van der Waals surface area (Å²) in [5.74, 6) is -0.313. The first-order chi connectivity index (χ1) is 13.4. The molecule has 0 spiro atoms. The highest BCUT2D eigenvalue weighted by Gasteiger charge is 2.32. The number of para-hydroxylation sites is 1. The van der Waals surface area contributed by atoms with E-state index in [9.17, 15) is 25.0 Å². The number of hydrogen-bond donors (Lipinski definition) is 1. The summed E-state index contributed by atoms with van der Waals surface area (Å²) in [5, 5.41) is 31.9. The molecule has 0 radical (unpaired) electrons. The highest BCUT2D eigenvalue weighted by Crippen LogP contribution is 2.27. The lowest BCUT2D eigenvalue weighted by Crippen LogP contribution is -2.26. The number of nitrogens with zero attached hydrogens (tertiary/aromatic N) is 4. The van der Waals surface area contributed by atoms with Gasteiger partial charge in [-0.2, -0.15) is 5.10 Å². The van der Waals surface area contributed by atoms with Gasteiger partial charge in [0, 0.05) is 35.7 Å².